The number of hydrogen-bond donors (Lipinski definition) is 0. The summed E-state index contributed by atoms with van der Waals surface area (Å²) < 4.78 is 15.7. The third kappa shape index (κ3) is 10.2. The van der Waals surface area contributed by atoms with Crippen LogP contribution in [-0.2, 0) is 38.2 Å². The van der Waals surface area contributed by atoms with Crippen LogP contribution in [0.25, 0.3) is 0 Å². The van der Waals surface area contributed by atoms with Gasteiger partial charge < -0.3 is 19.0 Å². The summed E-state index contributed by atoms with van der Waals surface area (Å²) in [5.41, 5.74) is 0. The average molecular weight is 377 g/mol. The van der Waals surface area contributed by atoms with Crippen molar-refractivity contribution in [3.05, 3.63) is 0 Å². The van der Waals surface area contributed by atoms with Gasteiger partial charge in [-0.3, -0.25) is 14.4 Å². The van der Waals surface area contributed by atoms with Gasteiger partial charge in [-0.2, -0.15) is 0 Å². The molecule has 0 radical (unpaired) electrons. The van der Waals surface area contributed by atoms with Crippen LogP contribution in [-0.4, -0.2) is 73.4 Å². The largest absolute Gasteiger partial charge is 0.378 e. The van der Waals surface area contributed by atoms with Crippen LogP contribution in [0.3, 0.4) is 0 Å². The van der Waals surface area contributed by atoms with Gasteiger partial charge in [0.25, 0.3) is 11.8 Å². The average Bonchev–Trinajstić information content (AvgIpc) is 2.87. The Morgan fingerprint density at radius 1 is 0.920 bits per heavy atom. The van der Waals surface area contributed by atoms with Gasteiger partial charge in [0, 0.05) is 25.5 Å². The Morgan fingerprint density at radius 3 is 2.00 bits per heavy atom. The van der Waals surface area contributed by atoms with Gasteiger partial charge in [-0.1, -0.05) is 11.8 Å². The van der Waals surface area contributed by atoms with E-state index in [1.807, 2.05) is 0 Å². The van der Waals surface area contributed by atoms with Crippen LogP contribution >= 0.6 is 11.8 Å². The maximum absolute atomic E-state index is 11.5. The number of amides is 2. The molecule has 1 saturated heterocycles. The zero-order chi connectivity index (χ0) is 18.5. The molecule has 0 N–H and O–H groups in total. The molecular weight excluding hydrogens is 354 g/mol. The molecule has 1 aliphatic rings. The van der Waals surface area contributed by atoms with Crippen LogP contribution in [0.1, 0.15) is 26.2 Å². The summed E-state index contributed by atoms with van der Waals surface area (Å²) in [6.45, 7) is 3.61. The Hall–Kier alpha value is -1.49. The minimum atomic E-state index is -0.693. The second-order valence-corrected chi connectivity index (χ2v) is 6.24. The second kappa shape index (κ2) is 12.8. The van der Waals surface area contributed by atoms with Crippen molar-refractivity contribution in [2.24, 2.45) is 0 Å². The first-order chi connectivity index (χ1) is 12.0. The van der Waals surface area contributed by atoms with Gasteiger partial charge in [0.1, 0.15) is 0 Å². The van der Waals surface area contributed by atoms with E-state index in [9.17, 15) is 19.2 Å². The molecule has 0 aromatic rings. The van der Waals surface area contributed by atoms with Gasteiger partial charge in [0.15, 0.2) is 5.12 Å². The highest BCUT2D eigenvalue weighted by molar-refractivity contribution is 8.13. The van der Waals surface area contributed by atoms with Crippen molar-refractivity contribution < 1.29 is 38.2 Å². The number of hydrogen-bond acceptors (Lipinski definition) is 9. The van der Waals surface area contributed by atoms with E-state index >= 15 is 0 Å². The first-order valence-electron chi connectivity index (χ1n) is 7.94. The molecule has 0 atom stereocenters. The number of nitrogens with zero attached hydrogens (tertiary/aromatic N) is 1. The standard InChI is InChI=1S/C15H23NO8S/c1-12(17)25-11-10-23-9-8-22-7-6-21-5-4-15(20)24-16-13(18)2-3-14(16)19/h2-11H2,1H3. The number of hydroxylamine groups is 2. The third-order valence-corrected chi connectivity index (χ3v) is 3.70. The van der Waals surface area contributed by atoms with E-state index in [-0.39, 0.29) is 31.0 Å². The van der Waals surface area contributed by atoms with Gasteiger partial charge in [-0.25, -0.2) is 4.79 Å². The van der Waals surface area contributed by atoms with E-state index in [1.54, 1.807) is 0 Å². The second-order valence-electron chi connectivity index (χ2n) is 4.97. The van der Waals surface area contributed by atoms with Crippen LogP contribution in [0.4, 0.5) is 0 Å². The molecule has 10 heteroatoms. The molecule has 1 heterocycles. The predicted octanol–water partition coefficient (Wildman–Crippen LogP) is 0.313. The monoisotopic (exact) mass is 377 g/mol. The number of rotatable bonds is 13. The Bertz CT molecular complexity index is 454. The molecule has 1 fully saturated rings. The Balaban J connectivity index is 1.87. The fourth-order valence-electron chi connectivity index (χ4n) is 1.75. The van der Waals surface area contributed by atoms with E-state index in [1.165, 1.54) is 18.7 Å². The molecule has 0 aliphatic carbocycles. The normalized spacial score (nSPS) is 14.2. The number of carbonyl (C=O) groups is 4. The minimum absolute atomic E-state index is 0.0615. The van der Waals surface area contributed by atoms with Crippen LogP contribution in [0.15, 0.2) is 0 Å². The molecule has 1 aliphatic heterocycles. The van der Waals surface area contributed by atoms with E-state index in [0.717, 1.165) is 0 Å². The molecule has 0 spiro atoms. The summed E-state index contributed by atoms with van der Waals surface area (Å²) in [4.78, 5) is 49.4. The highest BCUT2D eigenvalue weighted by Gasteiger charge is 2.32. The van der Waals surface area contributed by atoms with Crippen LogP contribution in [0.2, 0.25) is 0 Å². The SMILES string of the molecule is CC(=O)SCCOCCOCCOCCC(=O)ON1C(=O)CCC1=O. The maximum atomic E-state index is 11.5. The van der Waals surface area contributed by atoms with Crippen molar-refractivity contribution in [1.82, 2.24) is 5.06 Å². The molecule has 142 valence electrons. The Kier molecular flexibility index (Phi) is 11.0. The lowest BCUT2D eigenvalue weighted by Gasteiger charge is -2.12. The summed E-state index contributed by atoms with van der Waals surface area (Å²) >= 11 is 1.22. The van der Waals surface area contributed by atoms with Gasteiger partial charge >= 0.3 is 5.97 Å². The molecule has 9 nitrogen and oxygen atoms in total. The number of ether oxygens (including phenoxy) is 3. The lowest BCUT2D eigenvalue weighted by molar-refractivity contribution is -0.198. The van der Waals surface area contributed by atoms with E-state index in [4.69, 9.17) is 14.2 Å². The van der Waals surface area contributed by atoms with E-state index < -0.39 is 17.8 Å². The van der Waals surface area contributed by atoms with Crippen LogP contribution in [0, 0.1) is 0 Å². The van der Waals surface area contributed by atoms with Crippen molar-refractivity contribution in [1.29, 1.82) is 0 Å². The first kappa shape index (κ1) is 21.6. The van der Waals surface area contributed by atoms with Gasteiger partial charge in [-0.15, -0.1) is 5.06 Å². The molecule has 2 amide bonds. The molecule has 0 saturated carbocycles. The molecule has 0 aromatic carbocycles. The smallest absolute Gasteiger partial charge is 0.335 e. The van der Waals surface area contributed by atoms with Crippen molar-refractivity contribution >= 4 is 34.7 Å². The molecule has 1 rings (SSSR count). The fourth-order valence-corrected chi connectivity index (χ4v) is 2.24. The summed E-state index contributed by atoms with van der Waals surface area (Å²) in [6.07, 6.45) is 0.0758. The number of thioether (sulfide) groups is 1. The van der Waals surface area contributed by atoms with Crippen molar-refractivity contribution in [2.75, 3.05) is 45.4 Å². The summed E-state index contributed by atoms with van der Waals surface area (Å²) in [6, 6.07) is 0. The number of imide groups is 1. The molecule has 25 heavy (non-hydrogen) atoms. The van der Waals surface area contributed by atoms with Crippen molar-refractivity contribution in [2.45, 2.75) is 26.2 Å². The molecular formula is C15H23NO8S. The Morgan fingerprint density at radius 2 is 1.44 bits per heavy atom. The van der Waals surface area contributed by atoms with E-state index in [2.05, 4.69) is 4.84 Å². The Labute approximate surface area is 150 Å². The molecule has 0 unspecified atom stereocenters. The van der Waals surface area contributed by atoms with Gasteiger partial charge in [-0.05, 0) is 0 Å². The van der Waals surface area contributed by atoms with Crippen LogP contribution < -0.4 is 0 Å². The zero-order valence-electron chi connectivity index (χ0n) is 14.2. The van der Waals surface area contributed by atoms with Gasteiger partial charge in [0.05, 0.1) is 46.1 Å². The molecule has 0 bridgehead atoms. The first-order valence-corrected chi connectivity index (χ1v) is 8.92. The third-order valence-electron chi connectivity index (χ3n) is 2.93. The highest BCUT2D eigenvalue weighted by atomic mass is 32.2. The van der Waals surface area contributed by atoms with Crippen LogP contribution in [0.5, 0.6) is 0 Å². The lowest BCUT2D eigenvalue weighted by atomic mass is 10.4. The lowest BCUT2D eigenvalue weighted by Crippen LogP contribution is -2.32. The predicted molar refractivity (Wildman–Crippen MR) is 87.4 cm³/mol. The topological polar surface area (TPSA) is 108 Å². The summed E-state index contributed by atoms with van der Waals surface area (Å²) in [7, 11) is 0. The maximum Gasteiger partial charge on any atom is 0.335 e. The van der Waals surface area contributed by atoms with Gasteiger partial charge in [0.2, 0.25) is 0 Å². The summed E-state index contributed by atoms with van der Waals surface area (Å²) in [5, 5.41) is 0.583. The summed E-state index contributed by atoms with van der Waals surface area (Å²) in [5.74, 6) is -1.07. The highest BCUT2D eigenvalue weighted by Crippen LogP contribution is 2.12. The zero-order valence-corrected chi connectivity index (χ0v) is 15.0. The quantitative estimate of drug-likeness (QED) is 0.331. The fraction of sp³-hybridized carbons (Fsp3) is 0.733. The van der Waals surface area contributed by atoms with E-state index in [0.29, 0.717) is 43.9 Å². The van der Waals surface area contributed by atoms with Crippen molar-refractivity contribution in [3.8, 4) is 0 Å². The van der Waals surface area contributed by atoms with Crippen molar-refractivity contribution in [3.63, 3.8) is 0 Å². The minimum Gasteiger partial charge on any atom is -0.378 e. The number of carbonyl (C=O) groups excluding carboxylic acids is 4. The molecule has 0 aromatic heterocycles.